The summed E-state index contributed by atoms with van der Waals surface area (Å²) < 4.78 is 0.539. The zero-order valence-electron chi connectivity index (χ0n) is 12.6. The Bertz CT molecular complexity index is 670. The van der Waals surface area contributed by atoms with Crippen LogP contribution in [0.1, 0.15) is 39.5 Å². The molecule has 0 aliphatic rings. The maximum absolute atomic E-state index is 12.1. The van der Waals surface area contributed by atoms with Gasteiger partial charge in [0, 0.05) is 17.6 Å². The Hall–Kier alpha value is -1.40. The molecule has 1 aromatic heterocycles. The van der Waals surface area contributed by atoms with Gasteiger partial charge in [0.1, 0.15) is 5.75 Å². The van der Waals surface area contributed by atoms with Gasteiger partial charge in [0.25, 0.3) is 5.91 Å². The Morgan fingerprint density at radius 2 is 2.14 bits per heavy atom. The highest BCUT2D eigenvalue weighted by Crippen LogP contribution is 2.29. The van der Waals surface area contributed by atoms with Crippen LogP contribution in [0.25, 0.3) is 0 Å². The number of phenols is 1. The summed E-state index contributed by atoms with van der Waals surface area (Å²) in [7, 11) is 0. The first-order chi connectivity index (χ1) is 10.5. The van der Waals surface area contributed by atoms with E-state index in [2.05, 4.69) is 31.6 Å². The number of amides is 1. The molecule has 6 heteroatoms. The van der Waals surface area contributed by atoms with E-state index in [0.29, 0.717) is 16.6 Å². The van der Waals surface area contributed by atoms with Crippen molar-refractivity contribution in [1.82, 2.24) is 10.3 Å². The number of phenolic OH excluding ortho intramolecular Hbond substituents is 1. The van der Waals surface area contributed by atoms with Crippen LogP contribution in [0.3, 0.4) is 0 Å². The number of hydrogen-bond acceptors (Lipinski definition) is 4. The summed E-state index contributed by atoms with van der Waals surface area (Å²) in [5.74, 6) is -0.256. The van der Waals surface area contributed by atoms with E-state index >= 15 is 0 Å². The van der Waals surface area contributed by atoms with Crippen molar-refractivity contribution in [2.45, 2.75) is 33.1 Å². The fourth-order valence-electron chi connectivity index (χ4n) is 2.12. The lowest BCUT2D eigenvalue weighted by Gasteiger charge is -2.09. The maximum Gasteiger partial charge on any atom is 0.255 e. The lowest BCUT2D eigenvalue weighted by atomic mass is 10.1. The molecule has 1 heterocycles. The van der Waals surface area contributed by atoms with Crippen molar-refractivity contribution < 1.29 is 9.90 Å². The second-order valence-electron chi connectivity index (χ2n) is 5.24. The third kappa shape index (κ3) is 4.55. The second kappa shape index (κ2) is 7.74. The lowest BCUT2D eigenvalue weighted by Crippen LogP contribution is -2.24. The van der Waals surface area contributed by atoms with E-state index in [1.807, 2.05) is 13.8 Å². The van der Waals surface area contributed by atoms with Crippen LogP contribution >= 0.6 is 27.3 Å². The van der Waals surface area contributed by atoms with Crippen LogP contribution in [0.15, 0.2) is 22.0 Å². The standard InChI is InChI=1S/C16H19BrN2O2S/c1-10-7-12(15(20)13(17)8-10)16(21)18-6-4-3-5-14-19-11(2)9-22-14/h7-9,20H,3-6H2,1-2H3,(H,18,21). The minimum absolute atomic E-state index is 0.0126. The molecule has 0 aliphatic heterocycles. The number of halogens is 1. The van der Waals surface area contributed by atoms with Gasteiger partial charge in [-0.25, -0.2) is 4.98 Å². The summed E-state index contributed by atoms with van der Waals surface area (Å²) in [4.78, 5) is 16.5. The molecular weight excluding hydrogens is 364 g/mol. The summed E-state index contributed by atoms with van der Waals surface area (Å²) in [6.07, 6.45) is 2.81. The fourth-order valence-corrected chi connectivity index (χ4v) is 3.52. The van der Waals surface area contributed by atoms with Crippen molar-refractivity contribution in [3.63, 3.8) is 0 Å². The molecule has 2 aromatic rings. The van der Waals surface area contributed by atoms with Crippen LogP contribution < -0.4 is 5.32 Å². The van der Waals surface area contributed by atoms with Gasteiger partial charge in [-0.05, 0) is 66.7 Å². The third-order valence-electron chi connectivity index (χ3n) is 3.22. The van der Waals surface area contributed by atoms with Crippen molar-refractivity contribution in [3.05, 3.63) is 43.8 Å². The average Bonchev–Trinajstić information content (AvgIpc) is 2.87. The highest BCUT2D eigenvalue weighted by molar-refractivity contribution is 9.10. The largest absolute Gasteiger partial charge is 0.506 e. The number of nitrogens with one attached hydrogen (secondary N) is 1. The van der Waals surface area contributed by atoms with Crippen molar-refractivity contribution in [2.24, 2.45) is 0 Å². The van der Waals surface area contributed by atoms with Gasteiger partial charge in [0.05, 0.1) is 15.0 Å². The number of thiazole rings is 1. The monoisotopic (exact) mass is 382 g/mol. The number of aryl methyl sites for hydroxylation is 3. The average molecular weight is 383 g/mol. The zero-order chi connectivity index (χ0) is 16.1. The molecule has 0 aliphatic carbocycles. The molecule has 0 atom stereocenters. The van der Waals surface area contributed by atoms with Crippen molar-refractivity contribution in [1.29, 1.82) is 0 Å². The van der Waals surface area contributed by atoms with Gasteiger partial charge in [-0.15, -0.1) is 11.3 Å². The topological polar surface area (TPSA) is 62.2 Å². The van der Waals surface area contributed by atoms with E-state index in [-0.39, 0.29) is 11.7 Å². The van der Waals surface area contributed by atoms with Crippen LogP contribution in [0.4, 0.5) is 0 Å². The molecule has 0 radical (unpaired) electrons. The minimum Gasteiger partial charge on any atom is -0.506 e. The molecule has 22 heavy (non-hydrogen) atoms. The first kappa shape index (κ1) is 17.0. The first-order valence-corrected chi connectivity index (χ1v) is 8.83. The van der Waals surface area contributed by atoms with Gasteiger partial charge >= 0.3 is 0 Å². The van der Waals surface area contributed by atoms with Crippen molar-refractivity contribution in [2.75, 3.05) is 6.54 Å². The number of carbonyl (C=O) groups excluding carboxylic acids is 1. The van der Waals surface area contributed by atoms with Gasteiger partial charge in [-0.2, -0.15) is 0 Å². The molecule has 1 aromatic carbocycles. The summed E-state index contributed by atoms with van der Waals surface area (Å²) in [5.41, 5.74) is 2.30. The molecule has 4 nitrogen and oxygen atoms in total. The Labute approximate surface area is 142 Å². The first-order valence-electron chi connectivity index (χ1n) is 7.15. The molecular formula is C16H19BrN2O2S. The highest BCUT2D eigenvalue weighted by Gasteiger charge is 2.13. The number of rotatable bonds is 6. The van der Waals surface area contributed by atoms with Crippen LogP contribution in [0.2, 0.25) is 0 Å². The second-order valence-corrected chi connectivity index (χ2v) is 7.04. The zero-order valence-corrected chi connectivity index (χ0v) is 15.1. The summed E-state index contributed by atoms with van der Waals surface area (Å²) >= 11 is 4.93. The summed E-state index contributed by atoms with van der Waals surface area (Å²) in [6, 6.07) is 3.47. The van der Waals surface area contributed by atoms with Crippen molar-refractivity contribution >= 4 is 33.2 Å². The fraction of sp³-hybridized carbons (Fsp3) is 0.375. The Morgan fingerprint density at radius 1 is 1.36 bits per heavy atom. The molecule has 2 N–H and O–H groups in total. The molecule has 0 bridgehead atoms. The number of benzene rings is 1. The van der Waals surface area contributed by atoms with E-state index < -0.39 is 0 Å². The van der Waals surface area contributed by atoms with E-state index in [4.69, 9.17) is 0 Å². The number of carbonyl (C=O) groups is 1. The summed E-state index contributed by atoms with van der Waals surface area (Å²) in [6.45, 7) is 4.47. The highest BCUT2D eigenvalue weighted by atomic mass is 79.9. The van der Waals surface area contributed by atoms with E-state index in [1.165, 1.54) is 0 Å². The van der Waals surface area contributed by atoms with Gasteiger partial charge in [0.2, 0.25) is 0 Å². The molecule has 2 rings (SSSR count). The van der Waals surface area contributed by atoms with Gasteiger partial charge < -0.3 is 10.4 Å². The van der Waals surface area contributed by atoms with Crippen LogP contribution in [0.5, 0.6) is 5.75 Å². The number of aromatic hydroxyl groups is 1. The number of nitrogens with zero attached hydrogens (tertiary/aromatic N) is 1. The van der Waals surface area contributed by atoms with Gasteiger partial charge in [-0.1, -0.05) is 0 Å². The smallest absolute Gasteiger partial charge is 0.255 e. The Balaban J connectivity index is 1.78. The number of aromatic nitrogens is 1. The Morgan fingerprint density at radius 3 is 2.82 bits per heavy atom. The molecule has 0 fully saturated rings. The van der Waals surface area contributed by atoms with Gasteiger partial charge in [-0.3, -0.25) is 4.79 Å². The predicted octanol–water partition coefficient (Wildman–Crippen LogP) is 3.98. The molecule has 0 saturated heterocycles. The van der Waals surface area contributed by atoms with Crippen LogP contribution in [0, 0.1) is 13.8 Å². The number of unbranched alkanes of at least 4 members (excludes halogenated alkanes) is 1. The normalized spacial score (nSPS) is 10.7. The SMILES string of the molecule is Cc1cc(Br)c(O)c(C(=O)NCCCCc2nc(C)cs2)c1. The molecule has 0 saturated carbocycles. The van der Waals surface area contributed by atoms with Crippen LogP contribution in [-0.2, 0) is 6.42 Å². The molecule has 118 valence electrons. The lowest BCUT2D eigenvalue weighted by molar-refractivity contribution is 0.0950. The Kier molecular flexibility index (Phi) is 5.97. The third-order valence-corrected chi connectivity index (χ3v) is 4.85. The molecule has 1 amide bonds. The maximum atomic E-state index is 12.1. The predicted molar refractivity (Wildman–Crippen MR) is 92.7 cm³/mol. The molecule has 0 unspecified atom stereocenters. The summed E-state index contributed by atoms with van der Waals surface area (Å²) in [5, 5.41) is 16.0. The van der Waals surface area contributed by atoms with E-state index in [9.17, 15) is 9.90 Å². The van der Waals surface area contributed by atoms with E-state index in [1.54, 1.807) is 23.5 Å². The molecule has 0 spiro atoms. The van der Waals surface area contributed by atoms with Crippen molar-refractivity contribution in [3.8, 4) is 5.75 Å². The quantitative estimate of drug-likeness (QED) is 0.742. The minimum atomic E-state index is -0.244. The van der Waals surface area contributed by atoms with Gasteiger partial charge in [0.15, 0.2) is 0 Å². The van der Waals surface area contributed by atoms with E-state index in [0.717, 1.165) is 35.5 Å². The number of hydrogen-bond donors (Lipinski definition) is 2. The van der Waals surface area contributed by atoms with Crippen LogP contribution in [-0.4, -0.2) is 22.5 Å².